The maximum Gasteiger partial charge on any atom is 0.509 e. The van der Waals surface area contributed by atoms with E-state index in [9.17, 15) is 4.79 Å². The summed E-state index contributed by atoms with van der Waals surface area (Å²) in [7, 11) is 0. The molecule has 4 nitrogen and oxygen atoms in total. The van der Waals surface area contributed by atoms with Gasteiger partial charge in [0, 0.05) is 0 Å². The van der Waals surface area contributed by atoms with Crippen molar-refractivity contribution in [3.05, 3.63) is 0 Å². The van der Waals surface area contributed by atoms with Gasteiger partial charge in [-0.1, -0.05) is 0 Å². The minimum Gasteiger partial charge on any atom is -0.432 e. The lowest BCUT2D eigenvalue weighted by atomic mass is 10.5. The molecule has 0 saturated carbocycles. The van der Waals surface area contributed by atoms with E-state index in [2.05, 4.69) is 9.47 Å². The summed E-state index contributed by atoms with van der Waals surface area (Å²) in [5, 5.41) is 8.24. The molecule has 0 radical (unpaired) electrons. The number of carbonyl (C=O) groups is 1. The van der Waals surface area contributed by atoms with Crippen molar-refractivity contribution in [1.29, 1.82) is 5.26 Å². The number of nitrogens with zero attached hydrogens (tertiary/aromatic N) is 1. The molecule has 1 unspecified atom stereocenters. The van der Waals surface area contributed by atoms with E-state index in [1.807, 2.05) is 0 Å². The molecule has 4 heteroatoms. The zero-order valence-corrected chi connectivity index (χ0v) is 6.83. The van der Waals surface area contributed by atoms with Gasteiger partial charge in [-0.3, -0.25) is 0 Å². The van der Waals surface area contributed by atoms with E-state index < -0.39 is 12.3 Å². The van der Waals surface area contributed by atoms with E-state index in [0.29, 0.717) is 0 Å². The maximum absolute atomic E-state index is 10.6. The van der Waals surface area contributed by atoms with Gasteiger partial charge in [0.25, 0.3) is 0 Å². The highest BCUT2D eigenvalue weighted by Gasteiger charge is 2.10. The van der Waals surface area contributed by atoms with Crippen LogP contribution in [0.4, 0.5) is 4.79 Å². The maximum atomic E-state index is 10.6. The molecule has 0 spiro atoms. The van der Waals surface area contributed by atoms with Gasteiger partial charge in [-0.05, 0) is 20.8 Å². The summed E-state index contributed by atoms with van der Waals surface area (Å²) in [5.74, 6) is 0. The quantitative estimate of drug-likeness (QED) is 0.569. The van der Waals surface area contributed by atoms with Crippen LogP contribution in [0.5, 0.6) is 0 Å². The molecule has 0 aliphatic rings. The number of hydrogen-bond donors (Lipinski definition) is 0. The Morgan fingerprint density at radius 1 is 1.36 bits per heavy atom. The Bertz CT molecular complexity index is 171. The average Bonchev–Trinajstić information content (AvgIpc) is 1.85. The molecule has 11 heavy (non-hydrogen) atoms. The Morgan fingerprint density at radius 3 is 2.27 bits per heavy atom. The fourth-order valence-electron chi connectivity index (χ4n) is 0.391. The normalized spacial score (nSPS) is 11.9. The summed E-state index contributed by atoms with van der Waals surface area (Å²) in [4.78, 5) is 10.6. The highest BCUT2D eigenvalue weighted by Crippen LogP contribution is 1.96. The highest BCUT2D eigenvalue weighted by atomic mass is 16.7. The third kappa shape index (κ3) is 5.22. The van der Waals surface area contributed by atoms with Gasteiger partial charge in [-0.25, -0.2) is 4.79 Å². The lowest BCUT2D eigenvalue weighted by Crippen LogP contribution is -2.17. The smallest absolute Gasteiger partial charge is 0.432 e. The van der Waals surface area contributed by atoms with Gasteiger partial charge in [-0.15, -0.1) is 0 Å². The van der Waals surface area contributed by atoms with Crippen molar-refractivity contribution >= 4 is 6.16 Å². The Kier molecular flexibility index (Phi) is 4.04. The Morgan fingerprint density at radius 2 is 1.91 bits per heavy atom. The first-order chi connectivity index (χ1) is 5.06. The topological polar surface area (TPSA) is 59.3 Å². The van der Waals surface area contributed by atoms with Gasteiger partial charge in [-0.2, -0.15) is 5.26 Å². The predicted molar refractivity (Wildman–Crippen MR) is 37.8 cm³/mol. The van der Waals surface area contributed by atoms with E-state index in [1.54, 1.807) is 19.9 Å². The number of ether oxygens (including phenoxy) is 2. The number of carbonyl (C=O) groups excluding carboxylic acids is 1. The van der Waals surface area contributed by atoms with Gasteiger partial charge in [0.2, 0.25) is 0 Å². The van der Waals surface area contributed by atoms with E-state index in [0.717, 1.165) is 0 Å². The first kappa shape index (κ1) is 9.76. The van der Waals surface area contributed by atoms with Crippen LogP contribution in [0.1, 0.15) is 20.8 Å². The minimum absolute atomic E-state index is 0.214. The molecule has 0 heterocycles. The van der Waals surface area contributed by atoms with Crippen molar-refractivity contribution in [2.75, 3.05) is 0 Å². The SMILES string of the molecule is CC(C)OC(=O)OC(C)C#N. The largest absolute Gasteiger partial charge is 0.509 e. The van der Waals surface area contributed by atoms with Crippen LogP contribution < -0.4 is 0 Å². The fraction of sp³-hybridized carbons (Fsp3) is 0.714. The first-order valence-electron chi connectivity index (χ1n) is 3.33. The van der Waals surface area contributed by atoms with E-state index in [4.69, 9.17) is 5.26 Å². The standard InChI is InChI=1S/C7H11NO3/c1-5(2)10-7(9)11-6(3)4-8/h5-6H,1-3H3. The van der Waals surface area contributed by atoms with Crippen LogP contribution in [0.3, 0.4) is 0 Å². The van der Waals surface area contributed by atoms with Crippen molar-refractivity contribution < 1.29 is 14.3 Å². The van der Waals surface area contributed by atoms with Gasteiger partial charge in [0.05, 0.1) is 6.10 Å². The summed E-state index contributed by atoms with van der Waals surface area (Å²) in [5.41, 5.74) is 0. The summed E-state index contributed by atoms with van der Waals surface area (Å²) in [6.07, 6.45) is -1.76. The number of rotatable bonds is 2. The molecule has 0 bridgehead atoms. The molecule has 0 aliphatic carbocycles. The fourth-order valence-corrected chi connectivity index (χ4v) is 0.391. The molecule has 0 N–H and O–H groups in total. The summed E-state index contributed by atoms with van der Waals surface area (Å²) in [6.45, 7) is 4.89. The van der Waals surface area contributed by atoms with Crippen molar-refractivity contribution in [3.63, 3.8) is 0 Å². The number of nitriles is 1. The van der Waals surface area contributed by atoms with Crippen LogP contribution in [0.25, 0.3) is 0 Å². The van der Waals surface area contributed by atoms with Gasteiger partial charge < -0.3 is 9.47 Å². The van der Waals surface area contributed by atoms with Crippen molar-refractivity contribution in [2.24, 2.45) is 0 Å². The van der Waals surface area contributed by atoms with Crippen LogP contribution >= 0.6 is 0 Å². The molecule has 62 valence electrons. The zero-order chi connectivity index (χ0) is 8.85. The predicted octanol–water partition coefficient (Wildman–Crippen LogP) is 1.46. The zero-order valence-electron chi connectivity index (χ0n) is 6.83. The van der Waals surface area contributed by atoms with Crippen LogP contribution in [0.15, 0.2) is 0 Å². The molecule has 0 saturated heterocycles. The summed E-state index contributed by atoms with van der Waals surface area (Å²) < 4.78 is 9.10. The van der Waals surface area contributed by atoms with Crippen molar-refractivity contribution in [1.82, 2.24) is 0 Å². The Labute approximate surface area is 65.7 Å². The second-order valence-corrected chi connectivity index (χ2v) is 2.31. The molecule has 0 aliphatic heterocycles. The number of hydrogen-bond acceptors (Lipinski definition) is 4. The second kappa shape index (κ2) is 4.56. The van der Waals surface area contributed by atoms with E-state index >= 15 is 0 Å². The molecule has 0 aromatic heterocycles. The Hall–Kier alpha value is -1.24. The first-order valence-corrected chi connectivity index (χ1v) is 3.33. The molecule has 0 aromatic carbocycles. The lowest BCUT2D eigenvalue weighted by Gasteiger charge is -2.08. The molecular formula is C7H11NO3. The molecule has 0 rings (SSSR count). The van der Waals surface area contributed by atoms with Crippen LogP contribution in [-0.2, 0) is 9.47 Å². The van der Waals surface area contributed by atoms with Crippen molar-refractivity contribution in [3.8, 4) is 6.07 Å². The molecular weight excluding hydrogens is 146 g/mol. The molecule has 0 amide bonds. The third-order valence-corrected chi connectivity index (χ3v) is 0.787. The average molecular weight is 157 g/mol. The van der Waals surface area contributed by atoms with E-state index in [1.165, 1.54) is 6.92 Å². The minimum atomic E-state index is -0.797. The van der Waals surface area contributed by atoms with Gasteiger partial charge in [0.15, 0.2) is 6.10 Å². The lowest BCUT2D eigenvalue weighted by molar-refractivity contribution is 0.0245. The van der Waals surface area contributed by atoms with Gasteiger partial charge >= 0.3 is 6.16 Å². The third-order valence-electron chi connectivity index (χ3n) is 0.787. The van der Waals surface area contributed by atoms with Gasteiger partial charge in [0.1, 0.15) is 6.07 Å². The van der Waals surface area contributed by atoms with Crippen LogP contribution in [-0.4, -0.2) is 18.4 Å². The highest BCUT2D eigenvalue weighted by molar-refractivity contribution is 5.60. The summed E-state index contributed by atoms with van der Waals surface area (Å²) in [6, 6.07) is 1.75. The molecule has 0 fully saturated rings. The monoisotopic (exact) mass is 157 g/mol. The van der Waals surface area contributed by atoms with Crippen LogP contribution in [0.2, 0.25) is 0 Å². The second-order valence-electron chi connectivity index (χ2n) is 2.31. The Balaban J connectivity index is 3.63. The van der Waals surface area contributed by atoms with E-state index in [-0.39, 0.29) is 6.10 Å². The van der Waals surface area contributed by atoms with Crippen LogP contribution in [0, 0.1) is 11.3 Å². The molecule has 1 atom stereocenters. The summed E-state index contributed by atoms with van der Waals surface area (Å²) >= 11 is 0. The molecule has 0 aromatic rings. The van der Waals surface area contributed by atoms with Crippen molar-refractivity contribution in [2.45, 2.75) is 33.0 Å².